The minimum atomic E-state index is 0.438. The second-order valence-corrected chi connectivity index (χ2v) is 6.63. The van der Waals surface area contributed by atoms with Crippen LogP contribution in [-0.2, 0) is 0 Å². The molecule has 1 aromatic heterocycles. The summed E-state index contributed by atoms with van der Waals surface area (Å²) in [6.45, 7) is 1.92. The normalized spacial score (nSPS) is 11.3. The Balaban J connectivity index is 1.71. The topological polar surface area (TPSA) is 76.2 Å². The van der Waals surface area contributed by atoms with Gasteiger partial charge in [0.2, 0.25) is 5.95 Å². The van der Waals surface area contributed by atoms with Gasteiger partial charge in [-0.2, -0.15) is 5.10 Å². The SMILES string of the molecule is CC(=NNc1nc(-c2ccccc2)cc(-c2ccccc2)n1)c1cccc(N)c1. The van der Waals surface area contributed by atoms with Gasteiger partial charge in [-0.05, 0) is 30.7 Å². The summed E-state index contributed by atoms with van der Waals surface area (Å²) in [7, 11) is 0. The number of nitrogens with zero attached hydrogens (tertiary/aromatic N) is 3. The predicted octanol–water partition coefficient (Wildman–Crippen LogP) is 5.23. The minimum absolute atomic E-state index is 0.438. The first-order chi connectivity index (χ1) is 14.2. The lowest BCUT2D eigenvalue weighted by atomic mass is 10.1. The van der Waals surface area contributed by atoms with Crippen LogP contribution in [0.15, 0.2) is 96.1 Å². The van der Waals surface area contributed by atoms with Crippen LogP contribution in [0.1, 0.15) is 12.5 Å². The molecule has 29 heavy (non-hydrogen) atoms. The van der Waals surface area contributed by atoms with Crippen LogP contribution in [0.2, 0.25) is 0 Å². The maximum absolute atomic E-state index is 5.87. The van der Waals surface area contributed by atoms with E-state index in [1.807, 2.05) is 97.9 Å². The smallest absolute Gasteiger partial charge is 0.244 e. The van der Waals surface area contributed by atoms with Crippen LogP contribution in [0.5, 0.6) is 0 Å². The van der Waals surface area contributed by atoms with Crippen molar-refractivity contribution >= 4 is 17.3 Å². The Kier molecular flexibility index (Phi) is 5.29. The van der Waals surface area contributed by atoms with Crippen LogP contribution in [0.25, 0.3) is 22.5 Å². The number of hydrogen-bond acceptors (Lipinski definition) is 5. The average Bonchev–Trinajstić information content (AvgIpc) is 2.78. The van der Waals surface area contributed by atoms with Crippen molar-refractivity contribution in [3.05, 3.63) is 96.6 Å². The fourth-order valence-electron chi connectivity index (χ4n) is 2.97. The highest BCUT2D eigenvalue weighted by atomic mass is 15.4. The maximum Gasteiger partial charge on any atom is 0.244 e. The van der Waals surface area contributed by atoms with E-state index in [2.05, 4.69) is 20.5 Å². The molecule has 3 N–H and O–H groups in total. The Morgan fingerprint density at radius 2 is 1.34 bits per heavy atom. The molecule has 5 heteroatoms. The van der Waals surface area contributed by atoms with Gasteiger partial charge in [0.05, 0.1) is 17.1 Å². The molecular weight excluding hydrogens is 358 g/mol. The number of hydrazone groups is 1. The van der Waals surface area contributed by atoms with E-state index in [0.717, 1.165) is 33.8 Å². The molecule has 0 atom stereocenters. The van der Waals surface area contributed by atoms with Crippen molar-refractivity contribution in [2.45, 2.75) is 6.92 Å². The largest absolute Gasteiger partial charge is 0.399 e. The fraction of sp³-hybridized carbons (Fsp3) is 0.0417. The third-order valence-electron chi connectivity index (χ3n) is 4.49. The lowest BCUT2D eigenvalue weighted by Crippen LogP contribution is -2.04. The number of rotatable bonds is 5. The van der Waals surface area contributed by atoms with E-state index >= 15 is 0 Å². The van der Waals surface area contributed by atoms with Gasteiger partial charge in [0.15, 0.2) is 0 Å². The molecule has 0 bridgehead atoms. The van der Waals surface area contributed by atoms with Gasteiger partial charge in [0.1, 0.15) is 0 Å². The second kappa shape index (κ2) is 8.35. The summed E-state index contributed by atoms with van der Waals surface area (Å²) in [5.41, 5.74) is 15.0. The summed E-state index contributed by atoms with van der Waals surface area (Å²) in [6, 6.07) is 29.7. The number of benzene rings is 3. The average molecular weight is 379 g/mol. The lowest BCUT2D eigenvalue weighted by molar-refractivity contribution is 1.12. The molecule has 142 valence electrons. The van der Waals surface area contributed by atoms with Crippen LogP contribution >= 0.6 is 0 Å². The predicted molar refractivity (Wildman–Crippen MR) is 120 cm³/mol. The third-order valence-corrected chi connectivity index (χ3v) is 4.49. The first-order valence-electron chi connectivity index (χ1n) is 9.35. The molecule has 4 rings (SSSR count). The number of anilines is 2. The molecule has 0 saturated carbocycles. The highest BCUT2D eigenvalue weighted by molar-refractivity contribution is 5.99. The van der Waals surface area contributed by atoms with Crippen molar-refractivity contribution < 1.29 is 0 Å². The van der Waals surface area contributed by atoms with Crippen molar-refractivity contribution in [1.82, 2.24) is 9.97 Å². The zero-order chi connectivity index (χ0) is 20.1. The van der Waals surface area contributed by atoms with Crippen molar-refractivity contribution in [3.63, 3.8) is 0 Å². The van der Waals surface area contributed by atoms with Gasteiger partial charge in [0, 0.05) is 16.8 Å². The van der Waals surface area contributed by atoms with Gasteiger partial charge in [-0.3, -0.25) is 0 Å². The summed E-state index contributed by atoms with van der Waals surface area (Å²) < 4.78 is 0. The number of aromatic nitrogens is 2. The molecule has 0 saturated heterocycles. The molecular formula is C24H21N5. The van der Waals surface area contributed by atoms with Gasteiger partial charge in [0.25, 0.3) is 0 Å². The van der Waals surface area contributed by atoms with Gasteiger partial charge in [-0.1, -0.05) is 72.8 Å². The van der Waals surface area contributed by atoms with Gasteiger partial charge in [-0.15, -0.1) is 0 Å². The van der Waals surface area contributed by atoms with Gasteiger partial charge in [-0.25, -0.2) is 15.4 Å². The molecule has 0 aliphatic heterocycles. The standard InChI is InChI=1S/C24H21N5/c1-17(20-13-8-14-21(25)15-20)28-29-24-26-22(18-9-4-2-5-10-18)16-23(27-24)19-11-6-3-7-12-19/h2-16H,25H2,1H3,(H,26,27,29). The first kappa shape index (κ1) is 18.4. The molecule has 0 unspecified atom stereocenters. The van der Waals surface area contributed by atoms with Crippen LogP contribution < -0.4 is 11.2 Å². The Morgan fingerprint density at radius 3 is 1.90 bits per heavy atom. The van der Waals surface area contributed by atoms with Crippen molar-refractivity contribution in [2.75, 3.05) is 11.2 Å². The van der Waals surface area contributed by atoms with E-state index in [4.69, 9.17) is 5.73 Å². The molecule has 0 aliphatic rings. The summed E-state index contributed by atoms with van der Waals surface area (Å²) in [6.07, 6.45) is 0. The molecule has 4 aromatic rings. The molecule has 1 heterocycles. The van der Waals surface area contributed by atoms with Crippen molar-refractivity contribution in [3.8, 4) is 22.5 Å². The zero-order valence-corrected chi connectivity index (χ0v) is 16.1. The number of nitrogen functional groups attached to an aromatic ring is 1. The monoisotopic (exact) mass is 379 g/mol. The van der Waals surface area contributed by atoms with E-state index < -0.39 is 0 Å². The Bertz CT molecular complexity index is 1080. The zero-order valence-electron chi connectivity index (χ0n) is 16.1. The van der Waals surface area contributed by atoms with Gasteiger partial charge < -0.3 is 5.73 Å². The molecule has 3 aromatic carbocycles. The highest BCUT2D eigenvalue weighted by Gasteiger charge is 2.08. The summed E-state index contributed by atoms with van der Waals surface area (Å²) in [5, 5.41) is 4.46. The molecule has 0 amide bonds. The molecule has 0 aliphatic carbocycles. The van der Waals surface area contributed by atoms with Crippen LogP contribution in [0.4, 0.5) is 11.6 Å². The first-order valence-corrected chi connectivity index (χ1v) is 9.35. The van der Waals surface area contributed by atoms with Crippen LogP contribution in [-0.4, -0.2) is 15.7 Å². The Labute approximate surface area is 170 Å². The third kappa shape index (κ3) is 4.47. The number of nitrogens with one attached hydrogen (secondary N) is 1. The number of hydrogen-bond donors (Lipinski definition) is 2. The number of nitrogens with two attached hydrogens (primary N) is 1. The second-order valence-electron chi connectivity index (χ2n) is 6.63. The molecule has 0 radical (unpaired) electrons. The highest BCUT2D eigenvalue weighted by Crippen LogP contribution is 2.25. The summed E-state index contributed by atoms with van der Waals surface area (Å²) in [4.78, 5) is 9.32. The van der Waals surface area contributed by atoms with E-state index in [9.17, 15) is 0 Å². The quantitative estimate of drug-likeness (QED) is 0.283. The Hall–Kier alpha value is -3.99. The Morgan fingerprint density at radius 1 is 0.759 bits per heavy atom. The van der Waals surface area contributed by atoms with Crippen LogP contribution in [0.3, 0.4) is 0 Å². The minimum Gasteiger partial charge on any atom is -0.399 e. The van der Waals surface area contributed by atoms with Gasteiger partial charge >= 0.3 is 0 Å². The maximum atomic E-state index is 5.87. The van der Waals surface area contributed by atoms with E-state index in [-0.39, 0.29) is 0 Å². The summed E-state index contributed by atoms with van der Waals surface area (Å²) in [5.74, 6) is 0.438. The van der Waals surface area contributed by atoms with E-state index in [0.29, 0.717) is 11.6 Å². The molecule has 0 fully saturated rings. The van der Waals surface area contributed by atoms with Crippen molar-refractivity contribution in [2.24, 2.45) is 5.10 Å². The van der Waals surface area contributed by atoms with Crippen LogP contribution in [0, 0.1) is 0 Å². The molecule has 5 nitrogen and oxygen atoms in total. The van der Waals surface area contributed by atoms with E-state index in [1.54, 1.807) is 0 Å². The van der Waals surface area contributed by atoms with Crippen molar-refractivity contribution in [1.29, 1.82) is 0 Å². The van der Waals surface area contributed by atoms with E-state index in [1.165, 1.54) is 0 Å². The lowest BCUT2D eigenvalue weighted by Gasteiger charge is -2.09. The summed E-state index contributed by atoms with van der Waals surface area (Å²) >= 11 is 0. The fourth-order valence-corrected chi connectivity index (χ4v) is 2.97. The molecule has 0 spiro atoms.